The summed E-state index contributed by atoms with van der Waals surface area (Å²) in [6, 6.07) is 11.0. The molecule has 1 N–H and O–H groups in total. The second-order valence-corrected chi connectivity index (χ2v) is 5.80. The molecule has 1 amide bonds. The fraction of sp³-hybridized carbons (Fsp3) is 0.316. The number of nitrogens with one attached hydrogen (secondary N) is 1. The molecule has 1 unspecified atom stereocenters. The molecule has 1 aliphatic heterocycles. The Bertz CT molecular complexity index is 757. The molecule has 24 heavy (non-hydrogen) atoms. The van der Waals surface area contributed by atoms with Crippen molar-refractivity contribution in [3.05, 3.63) is 53.1 Å². The number of aryl methyl sites for hydroxylation is 1. The van der Waals surface area contributed by atoms with E-state index in [0.29, 0.717) is 30.3 Å². The van der Waals surface area contributed by atoms with Crippen molar-refractivity contribution in [2.24, 2.45) is 0 Å². The van der Waals surface area contributed by atoms with Gasteiger partial charge in [-0.2, -0.15) is 0 Å². The normalized spacial score (nSPS) is 14.0. The molecule has 1 aliphatic rings. The van der Waals surface area contributed by atoms with Crippen LogP contribution in [-0.4, -0.2) is 26.2 Å². The first-order valence-electron chi connectivity index (χ1n) is 7.93. The molecule has 0 aromatic heterocycles. The van der Waals surface area contributed by atoms with E-state index in [1.54, 1.807) is 25.3 Å². The predicted molar refractivity (Wildman–Crippen MR) is 91.0 cm³/mol. The molecule has 0 radical (unpaired) electrons. The van der Waals surface area contributed by atoms with Gasteiger partial charge in [-0.25, -0.2) is 0 Å². The Balaban J connectivity index is 1.78. The molecule has 0 bridgehead atoms. The van der Waals surface area contributed by atoms with Gasteiger partial charge in [0.05, 0.1) is 13.2 Å². The lowest BCUT2D eigenvalue weighted by Crippen LogP contribution is -2.27. The number of amides is 1. The maximum Gasteiger partial charge on any atom is 0.251 e. The van der Waals surface area contributed by atoms with E-state index in [1.165, 1.54) is 0 Å². The highest BCUT2D eigenvalue weighted by molar-refractivity contribution is 5.95. The first kappa shape index (κ1) is 16.2. The van der Waals surface area contributed by atoms with Crippen LogP contribution in [0.25, 0.3) is 0 Å². The van der Waals surface area contributed by atoms with Crippen molar-refractivity contribution in [2.45, 2.75) is 19.9 Å². The minimum Gasteiger partial charge on any atom is -0.496 e. The molecule has 0 saturated heterocycles. The van der Waals surface area contributed by atoms with Gasteiger partial charge in [0.2, 0.25) is 0 Å². The Morgan fingerprint density at radius 2 is 1.88 bits per heavy atom. The molecule has 126 valence electrons. The SMILES string of the molecule is COc1ccc(C)cc1C(C)NC(=O)c1ccc2c(c1)OCCO2. The number of hydrogen-bond acceptors (Lipinski definition) is 4. The lowest BCUT2D eigenvalue weighted by molar-refractivity contribution is 0.0938. The van der Waals surface area contributed by atoms with Gasteiger partial charge >= 0.3 is 0 Å². The van der Waals surface area contributed by atoms with Crippen molar-refractivity contribution in [2.75, 3.05) is 20.3 Å². The van der Waals surface area contributed by atoms with E-state index >= 15 is 0 Å². The second kappa shape index (κ2) is 6.83. The summed E-state index contributed by atoms with van der Waals surface area (Å²) in [5, 5.41) is 3.01. The molecule has 2 aromatic carbocycles. The smallest absolute Gasteiger partial charge is 0.251 e. The largest absolute Gasteiger partial charge is 0.496 e. The maximum absolute atomic E-state index is 12.6. The second-order valence-electron chi connectivity index (χ2n) is 5.80. The summed E-state index contributed by atoms with van der Waals surface area (Å²) in [5.41, 5.74) is 2.60. The van der Waals surface area contributed by atoms with Crippen LogP contribution in [0.15, 0.2) is 36.4 Å². The van der Waals surface area contributed by atoms with E-state index in [9.17, 15) is 4.79 Å². The molecule has 1 heterocycles. The van der Waals surface area contributed by atoms with Gasteiger partial charge in [-0.05, 0) is 38.1 Å². The minimum absolute atomic E-state index is 0.164. The Morgan fingerprint density at radius 3 is 2.62 bits per heavy atom. The third-order valence-corrected chi connectivity index (χ3v) is 4.00. The highest BCUT2D eigenvalue weighted by atomic mass is 16.6. The molecule has 5 nitrogen and oxygen atoms in total. The first-order valence-corrected chi connectivity index (χ1v) is 7.93. The molecular weight excluding hydrogens is 306 g/mol. The van der Waals surface area contributed by atoms with Crippen LogP contribution in [-0.2, 0) is 0 Å². The molecule has 1 atom stereocenters. The minimum atomic E-state index is -0.180. The monoisotopic (exact) mass is 327 g/mol. The number of carbonyl (C=O) groups is 1. The summed E-state index contributed by atoms with van der Waals surface area (Å²) in [7, 11) is 1.63. The van der Waals surface area contributed by atoms with Crippen LogP contribution in [0, 0.1) is 6.92 Å². The van der Waals surface area contributed by atoms with Crippen LogP contribution >= 0.6 is 0 Å². The van der Waals surface area contributed by atoms with Crippen molar-refractivity contribution in [1.82, 2.24) is 5.32 Å². The fourth-order valence-electron chi connectivity index (χ4n) is 2.73. The Morgan fingerprint density at radius 1 is 1.12 bits per heavy atom. The van der Waals surface area contributed by atoms with E-state index in [0.717, 1.165) is 16.9 Å². The van der Waals surface area contributed by atoms with E-state index < -0.39 is 0 Å². The third kappa shape index (κ3) is 3.30. The van der Waals surface area contributed by atoms with Gasteiger partial charge in [0.1, 0.15) is 19.0 Å². The van der Waals surface area contributed by atoms with Crippen molar-refractivity contribution in [3.63, 3.8) is 0 Å². The molecule has 0 spiro atoms. The van der Waals surface area contributed by atoms with Gasteiger partial charge in [-0.1, -0.05) is 17.7 Å². The predicted octanol–water partition coefficient (Wildman–Crippen LogP) is 3.27. The average Bonchev–Trinajstić information content (AvgIpc) is 2.61. The summed E-state index contributed by atoms with van der Waals surface area (Å²) in [6.45, 7) is 4.98. The summed E-state index contributed by atoms with van der Waals surface area (Å²) in [6.07, 6.45) is 0. The molecule has 3 rings (SSSR count). The highest BCUT2D eigenvalue weighted by Crippen LogP contribution is 2.31. The standard InChI is InChI=1S/C19H21NO4/c1-12-4-6-16(22-3)15(10-12)13(2)20-19(21)14-5-7-17-18(11-14)24-9-8-23-17/h4-7,10-11,13H,8-9H2,1-3H3,(H,20,21). The van der Waals surface area contributed by atoms with Gasteiger partial charge in [-0.3, -0.25) is 4.79 Å². The molecule has 0 saturated carbocycles. The quantitative estimate of drug-likeness (QED) is 0.936. The number of rotatable bonds is 4. The number of hydrogen-bond donors (Lipinski definition) is 1. The van der Waals surface area contributed by atoms with Gasteiger partial charge in [0, 0.05) is 11.1 Å². The molecular formula is C19H21NO4. The van der Waals surface area contributed by atoms with Crippen LogP contribution < -0.4 is 19.5 Å². The molecule has 5 heteroatoms. The van der Waals surface area contributed by atoms with Crippen LogP contribution in [0.5, 0.6) is 17.2 Å². The van der Waals surface area contributed by atoms with Crippen molar-refractivity contribution in [3.8, 4) is 17.2 Å². The number of fused-ring (bicyclic) bond motifs is 1. The molecule has 0 fully saturated rings. The van der Waals surface area contributed by atoms with E-state index in [1.807, 2.05) is 32.0 Å². The Labute approximate surface area is 141 Å². The Kier molecular flexibility index (Phi) is 4.60. The summed E-state index contributed by atoms with van der Waals surface area (Å²) < 4.78 is 16.4. The van der Waals surface area contributed by atoms with E-state index in [2.05, 4.69) is 5.32 Å². The summed E-state index contributed by atoms with van der Waals surface area (Å²) in [5.74, 6) is 1.87. The van der Waals surface area contributed by atoms with Gasteiger partial charge in [0.25, 0.3) is 5.91 Å². The zero-order chi connectivity index (χ0) is 17.1. The lowest BCUT2D eigenvalue weighted by Gasteiger charge is -2.20. The van der Waals surface area contributed by atoms with Crippen molar-refractivity contribution in [1.29, 1.82) is 0 Å². The summed E-state index contributed by atoms with van der Waals surface area (Å²) >= 11 is 0. The van der Waals surface area contributed by atoms with Gasteiger partial charge < -0.3 is 19.5 Å². The van der Waals surface area contributed by atoms with Gasteiger partial charge in [-0.15, -0.1) is 0 Å². The van der Waals surface area contributed by atoms with Crippen molar-refractivity contribution < 1.29 is 19.0 Å². The Hall–Kier alpha value is -2.69. The van der Waals surface area contributed by atoms with E-state index in [4.69, 9.17) is 14.2 Å². The highest BCUT2D eigenvalue weighted by Gasteiger charge is 2.18. The molecule has 0 aliphatic carbocycles. The maximum atomic E-state index is 12.6. The zero-order valence-corrected chi connectivity index (χ0v) is 14.1. The average molecular weight is 327 g/mol. The number of carbonyl (C=O) groups excluding carboxylic acids is 1. The first-order chi connectivity index (χ1) is 11.6. The third-order valence-electron chi connectivity index (χ3n) is 4.00. The van der Waals surface area contributed by atoms with Crippen LogP contribution in [0.1, 0.15) is 34.5 Å². The summed E-state index contributed by atoms with van der Waals surface area (Å²) in [4.78, 5) is 12.6. The lowest BCUT2D eigenvalue weighted by atomic mass is 10.0. The van der Waals surface area contributed by atoms with Crippen LogP contribution in [0.4, 0.5) is 0 Å². The number of ether oxygens (including phenoxy) is 3. The van der Waals surface area contributed by atoms with E-state index in [-0.39, 0.29) is 11.9 Å². The van der Waals surface area contributed by atoms with Gasteiger partial charge in [0.15, 0.2) is 11.5 Å². The van der Waals surface area contributed by atoms with Crippen LogP contribution in [0.2, 0.25) is 0 Å². The fourth-order valence-corrected chi connectivity index (χ4v) is 2.73. The zero-order valence-electron chi connectivity index (χ0n) is 14.1. The molecule has 2 aromatic rings. The van der Waals surface area contributed by atoms with Crippen LogP contribution in [0.3, 0.4) is 0 Å². The van der Waals surface area contributed by atoms with Crippen molar-refractivity contribution >= 4 is 5.91 Å². The topological polar surface area (TPSA) is 56.8 Å². The number of benzene rings is 2. The number of methoxy groups -OCH3 is 1.